The molecular formula is C16H18F2N4O2. The number of hydrogen-bond acceptors (Lipinski definition) is 4. The van der Waals surface area contributed by atoms with E-state index in [-0.39, 0.29) is 23.6 Å². The minimum Gasteiger partial charge on any atom is -0.392 e. The molecule has 0 aliphatic carbocycles. The zero-order chi connectivity index (χ0) is 16.8. The van der Waals surface area contributed by atoms with Crippen molar-refractivity contribution in [1.29, 1.82) is 0 Å². The van der Waals surface area contributed by atoms with E-state index >= 15 is 0 Å². The van der Waals surface area contributed by atoms with Gasteiger partial charge in [0, 0.05) is 32.2 Å². The maximum atomic E-state index is 12.9. The van der Waals surface area contributed by atoms with E-state index in [1.807, 2.05) is 0 Å². The van der Waals surface area contributed by atoms with Crippen molar-refractivity contribution in [3.05, 3.63) is 29.6 Å². The van der Waals surface area contributed by atoms with Crippen molar-refractivity contribution in [2.24, 2.45) is 0 Å². The zero-order valence-electron chi connectivity index (χ0n) is 13.0. The number of benzene rings is 1. The molecule has 2 aliphatic heterocycles. The number of aromatic amines is 1. The van der Waals surface area contributed by atoms with Crippen LogP contribution in [0.15, 0.2) is 18.2 Å². The van der Waals surface area contributed by atoms with Crippen LogP contribution in [0, 0.1) is 0 Å². The standard InChI is InChI=1S/C16H18F2N4O2/c17-14(18)15-19-12-3-1-2-11(13(12)20-15)16(24)22-5-4-21-8-10(23)6-9(21)7-22/h1-3,9-10,14,23H,4-8H2,(H,19,20)/t9-,10+/m0/s1. The number of aromatic nitrogens is 2. The summed E-state index contributed by atoms with van der Waals surface area (Å²) in [7, 11) is 0. The summed E-state index contributed by atoms with van der Waals surface area (Å²) in [4.78, 5) is 23.3. The Kier molecular flexibility index (Phi) is 3.73. The van der Waals surface area contributed by atoms with Crippen molar-refractivity contribution in [3.8, 4) is 0 Å². The lowest BCUT2D eigenvalue weighted by Gasteiger charge is -2.37. The summed E-state index contributed by atoms with van der Waals surface area (Å²) in [5, 5.41) is 9.77. The molecule has 2 aliphatic rings. The second-order valence-corrected chi connectivity index (χ2v) is 6.41. The topological polar surface area (TPSA) is 72.5 Å². The molecule has 2 aromatic rings. The number of alkyl halides is 2. The number of halogens is 2. The quantitative estimate of drug-likeness (QED) is 0.869. The van der Waals surface area contributed by atoms with E-state index in [4.69, 9.17) is 0 Å². The van der Waals surface area contributed by atoms with Crippen molar-refractivity contribution >= 4 is 16.9 Å². The number of carbonyl (C=O) groups is 1. The zero-order valence-corrected chi connectivity index (χ0v) is 13.0. The lowest BCUT2D eigenvalue weighted by Crippen LogP contribution is -2.52. The van der Waals surface area contributed by atoms with Crippen LogP contribution in [0.3, 0.4) is 0 Å². The molecule has 1 aromatic heterocycles. The molecule has 24 heavy (non-hydrogen) atoms. The van der Waals surface area contributed by atoms with Crippen molar-refractivity contribution in [2.75, 3.05) is 26.2 Å². The largest absolute Gasteiger partial charge is 0.392 e. The van der Waals surface area contributed by atoms with Crippen molar-refractivity contribution in [1.82, 2.24) is 19.8 Å². The van der Waals surface area contributed by atoms with Crippen LogP contribution in [0.1, 0.15) is 29.0 Å². The molecule has 128 valence electrons. The first-order chi connectivity index (χ1) is 11.5. The van der Waals surface area contributed by atoms with Gasteiger partial charge in [0.2, 0.25) is 0 Å². The Hall–Kier alpha value is -2.06. The molecule has 0 radical (unpaired) electrons. The first-order valence-corrected chi connectivity index (χ1v) is 8.01. The van der Waals surface area contributed by atoms with E-state index < -0.39 is 12.2 Å². The number of H-pyrrole nitrogens is 1. The van der Waals surface area contributed by atoms with Gasteiger partial charge in [0.15, 0.2) is 5.82 Å². The number of para-hydroxylation sites is 1. The van der Waals surface area contributed by atoms with Gasteiger partial charge >= 0.3 is 0 Å². The van der Waals surface area contributed by atoms with Gasteiger partial charge in [-0.3, -0.25) is 9.69 Å². The van der Waals surface area contributed by atoms with Crippen molar-refractivity contribution < 1.29 is 18.7 Å². The predicted octanol–water partition coefficient (Wildman–Crippen LogP) is 1.39. The molecule has 0 unspecified atom stereocenters. The SMILES string of the molecule is O=C(c1cccc2[nH]c(C(F)F)nc12)N1CCN2C[C@H](O)C[C@H]2C1. The molecule has 8 heteroatoms. The number of aliphatic hydroxyl groups is 1. The van der Waals surface area contributed by atoms with E-state index in [0.717, 1.165) is 0 Å². The normalized spacial score (nSPS) is 24.8. The maximum absolute atomic E-state index is 12.9. The fraction of sp³-hybridized carbons (Fsp3) is 0.500. The van der Waals surface area contributed by atoms with E-state index in [9.17, 15) is 18.7 Å². The van der Waals surface area contributed by atoms with Crippen LogP contribution in [0.5, 0.6) is 0 Å². The van der Waals surface area contributed by atoms with Gasteiger partial charge in [-0.15, -0.1) is 0 Å². The summed E-state index contributed by atoms with van der Waals surface area (Å²) >= 11 is 0. The Balaban J connectivity index is 1.61. The molecule has 0 spiro atoms. The van der Waals surface area contributed by atoms with Gasteiger partial charge in [-0.05, 0) is 18.6 Å². The number of fused-ring (bicyclic) bond motifs is 2. The summed E-state index contributed by atoms with van der Waals surface area (Å²) in [6.45, 7) is 2.47. The number of aliphatic hydroxyl groups excluding tert-OH is 1. The van der Waals surface area contributed by atoms with Crippen molar-refractivity contribution in [3.63, 3.8) is 0 Å². The summed E-state index contributed by atoms with van der Waals surface area (Å²) in [6.07, 6.45) is -2.39. The van der Waals surface area contributed by atoms with E-state index in [1.54, 1.807) is 23.1 Å². The fourth-order valence-corrected chi connectivity index (χ4v) is 3.70. The van der Waals surface area contributed by atoms with Gasteiger partial charge in [-0.1, -0.05) is 6.07 Å². The van der Waals surface area contributed by atoms with Crippen molar-refractivity contribution in [2.45, 2.75) is 25.0 Å². The molecule has 2 atom stereocenters. The third-order valence-corrected chi connectivity index (χ3v) is 4.85. The van der Waals surface area contributed by atoms with Gasteiger partial charge in [-0.2, -0.15) is 0 Å². The minimum absolute atomic E-state index is 0.160. The number of piperazine rings is 1. The van der Waals surface area contributed by atoms with Gasteiger partial charge in [-0.25, -0.2) is 13.8 Å². The minimum atomic E-state index is -2.70. The summed E-state index contributed by atoms with van der Waals surface area (Å²) in [5.74, 6) is -0.622. The second kappa shape index (κ2) is 5.78. The van der Waals surface area contributed by atoms with Crippen LogP contribution in [0.2, 0.25) is 0 Å². The smallest absolute Gasteiger partial charge is 0.295 e. The summed E-state index contributed by atoms with van der Waals surface area (Å²) < 4.78 is 25.7. The predicted molar refractivity (Wildman–Crippen MR) is 82.9 cm³/mol. The monoisotopic (exact) mass is 336 g/mol. The van der Waals surface area contributed by atoms with Crippen LogP contribution in [-0.4, -0.2) is 69.1 Å². The lowest BCUT2D eigenvalue weighted by molar-refractivity contribution is 0.0571. The first-order valence-electron chi connectivity index (χ1n) is 8.01. The molecular weight excluding hydrogens is 318 g/mol. The molecule has 2 N–H and O–H groups in total. The highest BCUT2D eigenvalue weighted by Gasteiger charge is 2.37. The third-order valence-electron chi connectivity index (χ3n) is 4.85. The second-order valence-electron chi connectivity index (χ2n) is 6.41. The van der Waals surface area contributed by atoms with Gasteiger partial charge in [0.05, 0.1) is 17.2 Å². The van der Waals surface area contributed by atoms with Crippen LogP contribution in [0.4, 0.5) is 8.78 Å². The van der Waals surface area contributed by atoms with Crippen LogP contribution >= 0.6 is 0 Å². The Labute approximate surface area is 137 Å². The third kappa shape index (κ3) is 2.55. The van der Waals surface area contributed by atoms with E-state index in [2.05, 4.69) is 14.9 Å². The fourth-order valence-electron chi connectivity index (χ4n) is 3.70. The highest BCUT2D eigenvalue weighted by Crippen LogP contribution is 2.26. The number of nitrogens with one attached hydrogen (secondary N) is 1. The van der Waals surface area contributed by atoms with E-state index in [0.29, 0.717) is 43.7 Å². The molecule has 2 saturated heterocycles. The maximum Gasteiger partial charge on any atom is 0.295 e. The summed E-state index contributed by atoms with van der Waals surface area (Å²) in [5.41, 5.74) is 1.06. The molecule has 4 rings (SSSR count). The van der Waals surface area contributed by atoms with Crippen LogP contribution in [0.25, 0.3) is 11.0 Å². The van der Waals surface area contributed by atoms with E-state index in [1.165, 1.54) is 0 Å². The Morgan fingerprint density at radius 2 is 2.17 bits per heavy atom. The highest BCUT2D eigenvalue weighted by molar-refractivity contribution is 6.05. The number of hydrogen-bond donors (Lipinski definition) is 2. The van der Waals surface area contributed by atoms with Crippen LogP contribution in [-0.2, 0) is 0 Å². The molecule has 0 saturated carbocycles. The number of imidazole rings is 1. The van der Waals surface area contributed by atoms with Crippen LogP contribution < -0.4 is 0 Å². The Bertz CT molecular complexity index is 779. The Morgan fingerprint density at radius 1 is 1.33 bits per heavy atom. The number of nitrogens with zero attached hydrogens (tertiary/aromatic N) is 3. The average Bonchev–Trinajstić information content (AvgIpc) is 3.15. The molecule has 6 nitrogen and oxygen atoms in total. The Morgan fingerprint density at radius 3 is 2.96 bits per heavy atom. The molecule has 3 heterocycles. The van der Waals surface area contributed by atoms with Gasteiger partial charge in [0.25, 0.3) is 12.3 Å². The summed E-state index contributed by atoms with van der Waals surface area (Å²) in [6, 6.07) is 5.08. The number of amides is 1. The highest BCUT2D eigenvalue weighted by atomic mass is 19.3. The number of rotatable bonds is 2. The molecule has 0 bridgehead atoms. The van der Waals surface area contributed by atoms with Gasteiger partial charge < -0.3 is 15.0 Å². The lowest BCUT2D eigenvalue weighted by atomic mass is 10.1. The number of carbonyl (C=O) groups excluding carboxylic acids is 1. The molecule has 1 amide bonds. The average molecular weight is 336 g/mol. The molecule has 1 aromatic carbocycles. The van der Waals surface area contributed by atoms with Gasteiger partial charge in [0.1, 0.15) is 5.52 Å². The first kappa shape index (κ1) is 15.5. The molecule has 2 fully saturated rings.